The van der Waals surface area contributed by atoms with Gasteiger partial charge < -0.3 is 14.4 Å². The Kier molecular flexibility index (Phi) is 8.88. The number of hydrogen-bond acceptors (Lipinski definition) is 5. The van der Waals surface area contributed by atoms with E-state index in [-0.39, 0.29) is 11.9 Å². The summed E-state index contributed by atoms with van der Waals surface area (Å²) in [7, 11) is 0. The van der Waals surface area contributed by atoms with Gasteiger partial charge in [-0.1, -0.05) is 60.7 Å². The Morgan fingerprint density at radius 3 is 1.69 bits per heavy atom. The van der Waals surface area contributed by atoms with Crippen molar-refractivity contribution in [2.24, 2.45) is 0 Å². The smallest absolute Gasteiger partial charge is 0.412 e. The zero-order chi connectivity index (χ0) is 29.5. The monoisotopic (exact) mass is 563 g/mol. The van der Waals surface area contributed by atoms with Crippen molar-refractivity contribution in [2.45, 2.75) is 32.4 Å². The molecule has 0 saturated carbocycles. The number of ether oxygens (including phenoxy) is 2. The maximum atomic E-state index is 13.3. The maximum Gasteiger partial charge on any atom is 0.412 e. The third-order valence-electron chi connectivity index (χ3n) is 7.03. The Labute approximate surface area is 247 Å². The van der Waals surface area contributed by atoms with Gasteiger partial charge in [0.1, 0.15) is 17.1 Å². The van der Waals surface area contributed by atoms with E-state index in [0.29, 0.717) is 35.8 Å². The third kappa shape index (κ3) is 7.56. The molecule has 1 fully saturated rings. The molecule has 0 aromatic heterocycles. The van der Waals surface area contributed by atoms with Crippen LogP contribution in [0.4, 0.5) is 10.5 Å². The molecule has 7 heteroatoms. The predicted octanol–water partition coefficient (Wildman–Crippen LogP) is 7.37. The third-order valence-corrected chi connectivity index (χ3v) is 7.03. The highest BCUT2D eigenvalue weighted by molar-refractivity contribution is 5.94. The topological polar surface area (TPSA) is 71.1 Å². The molecule has 42 heavy (non-hydrogen) atoms. The van der Waals surface area contributed by atoms with Crippen LogP contribution < -0.4 is 10.1 Å². The molecule has 1 N–H and O–H groups in total. The number of anilines is 1. The fourth-order valence-corrected chi connectivity index (χ4v) is 5.08. The molecular formula is C35H37N3O4. The van der Waals surface area contributed by atoms with Crippen molar-refractivity contribution in [3.8, 4) is 11.5 Å². The lowest BCUT2D eigenvalue weighted by Crippen LogP contribution is -2.49. The van der Waals surface area contributed by atoms with Gasteiger partial charge >= 0.3 is 6.09 Å². The van der Waals surface area contributed by atoms with Crippen LogP contribution in [0.2, 0.25) is 0 Å². The minimum absolute atomic E-state index is 0.0229. The van der Waals surface area contributed by atoms with Crippen LogP contribution >= 0.6 is 0 Å². The van der Waals surface area contributed by atoms with Crippen LogP contribution in [-0.4, -0.2) is 53.6 Å². The number of carbonyl (C=O) groups excluding carboxylic acids is 2. The van der Waals surface area contributed by atoms with E-state index in [4.69, 9.17) is 9.47 Å². The molecule has 0 spiro atoms. The fourth-order valence-electron chi connectivity index (χ4n) is 5.08. The molecule has 1 aliphatic rings. The molecule has 0 radical (unpaired) electrons. The van der Waals surface area contributed by atoms with Crippen LogP contribution in [0.3, 0.4) is 0 Å². The molecule has 2 amide bonds. The van der Waals surface area contributed by atoms with Gasteiger partial charge in [0.05, 0.1) is 6.04 Å². The van der Waals surface area contributed by atoms with E-state index < -0.39 is 11.7 Å². The van der Waals surface area contributed by atoms with Gasteiger partial charge in [-0.25, -0.2) is 4.79 Å². The average molecular weight is 564 g/mol. The second kappa shape index (κ2) is 12.9. The number of benzene rings is 4. The molecule has 1 heterocycles. The summed E-state index contributed by atoms with van der Waals surface area (Å²) in [6.45, 7) is 8.36. The molecule has 216 valence electrons. The molecule has 4 aromatic carbocycles. The Bertz CT molecular complexity index is 1420. The van der Waals surface area contributed by atoms with Crippen LogP contribution in [0.1, 0.15) is 48.3 Å². The first kappa shape index (κ1) is 28.9. The first-order chi connectivity index (χ1) is 20.2. The number of nitrogens with zero attached hydrogens (tertiary/aromatic N) is 2. The van der Waals surface area contributed by atoms with E-state index in [1.54, 1.807) is 48.5 Å². The minimum atomic E-state index is -0.567. The van der Waals surface area contributed by atoms with Gasteiger partial charge in [-0.15, -0.1) is 0 Å². The van der Waals surface area contributed by atoms with Gasteiger partial charge in [-0.05, 0) is 80.4 Å². The number of hydrogen-bond donors (Lipinski definition) is 1. The van der Waals surface area contributed by atoms with Gasteiger partial charge in [0.2, 0.25) is 0 Å². The number of nitrogens with one attached hydrogen (secondary N) is 1. The first-order valence-electron chi connectivity index (χ1n) is 14.3. The molecule has 5 rings (SSSR count). The summed E-state index contributed by atoms with van der Waals surface area (Å²) < 4.78 is 11.2. The van der Waals surface area contributed by atoms with Crippen molar-refractivity contribution in [3.63, 3.8) is 0 Å². The van der Waals surface area contributed by atoms with E-state index >= 15 is 0 Å². The standard InChI is InChI=1S/C35H37N3O4/c1-35(2,3)42-34(40)36-29-16-20-31(21-17-29)41-30-18-14-28(15-19-30)33(39)38-24-22-37(23-25-38)32(26-10-6-4-7-11-26)27-12-8-5-9-13-27/h4-21,32H,22-25H2,1-3H3,(H,36,40). The van der Waals surface area contributed by atoms with Crippen molar-refractivity contribution in [1.29, 1.82) is 0 Å². The highest BCUT2D eigenvalue weighted by atomic mass is 16.6. The molecule has 1 aliphatic heterocycles. The lowest BCUT2D eigenvalue weighted by molar-refractivity contribution is 0.0595. The van der Waals surface area contributed by atoms with Gasteiger partial charge in [-0.2, -0.15) is 0 Å². The highest BCUT2D eigenvalue weighted by Crippen LogP contribution is 2.30. The lowest BCUT2D eigenvalue weighted by Gasteiger charge is -2.39. The van der Waals surface area contributed by atoms with Gasteiger partial charge in [0.15, 0.2) is 0 Å². The normalized spacial score (nSPS) is 14.0. The summed E-state index contributed by atoms with van der Waals surface area (Å²) in [5.74, 6) is 1.26. The van der Waals surface area contributed by atoms with E-state index in [1.165, 1.54) is 11.1 Å². The summed E-state index contributed by atoms with van der Waals surface area (Å²) in [5.41, 5.74) is 3.19. The maximum absolute atomic E-state index is 13.3. The van der Waals surface area contributed by atoms with Crippen molar-refractivity contribution in [2.75, 3.05) is 31.5 Å². The van der Waals surface area contributed by atoms with Crippen molar-refractivity contribution in [3.05, 3.63) is 126 Å². The van der Waals surface area contributed by atoms with Gasteiger partial charge in [-0.3, -0.25) is 15.0 Å². The molecule has 7 nitrogen and oxygen atoms in total. The van der Waals surface area contributed by atoms with Crippen LogP contribution in [0.15, 0.2) is 109 Å². The Balaban J connectivity index is 1.16. The molecule has 0 bridgehead atoms. The molecule has 1 saturated heterocycles. The summed E-state index contributed by atoms with van der Waals surface area (Å²) in [6.07, 6.45) is -0.509. The van der Waals surface area contributed by atoms with Crippen molar-refractivity contribution < 1.29 is 19.1 Å². The molecular weight excluding hydrogens is 526 g/mol. The first-order valence-corrected chi connectivity index (χ1v) is 14.3. The van der Waals surface area contributed by atoms with E-state index in [0.717, 1.165) is 13.1 Å². The van der Waals surface area contributed by atoms with Crippen LogP contribution in [-0.2, 0) is 4.74 Å². The van der Waals surface area contributed by atoms with Crippen LogP contribution in [0.25, 0.3) is 0 Å². The number of rotatable bonds is 7. The largest absolute Gasteiger partial charge is 0.457 e. The summed E-state index contributed by atoms with van der Waals surface area (Å²) in [4.78, 5) is 29.7. The number of amides is 2. The second-order valence-corrected chi connectivity index (χ2v) is 11.3. The van der Waals surface area contributed by atoms with Crippen molar-refractivity contribution >= 4 is 17.7 Å². The highest BCUT2D eigenvalue weighted by Gasteiger charge is 2.28. The lowest BCUT2D eigenvalue weighted by atomic mass is 9.96. The molecule has 4 aromatic rings. The van der Waals surface area contributed by atoms with E-state index in [1.807, 2.05) is 37.8 Å². The van der Waals surface area contributed by atoms with Gasteiger partial charge in [0, 0.05) is 37.4 Å². The van der Waals surface area contributed by atoms with Gasteiger partial charge in [0.25, 0.3) is 5.91 Å². The minimum Gasteiger partial charge on any atom is -0.457 e. The quantitative estimate of drug-likeness (QED) is 0.254. The molecule has 0 atom stereocenters. The predicted molar refractivity (Wildman–Crippen MR) is 165 cm³/mol. The zero-order valence-electron chi connectivity index (χ0n) is 24.3. The SMILES string of the molecule is CC(C)(C)OC(=O)Nc1ccc(Oc2ccc(C(=O)N3CCN(C(c4ccccc4)c4ccccc4)CC3)cc2)cc1. The Morgan fingerprint density at radius 1 is 0.690 bits per heavy atom. The molecule has 0 aliphatic carbocycles. The van der Waals surface area contributed by atoms with E-state index in [2.05, 4.69) is 58.7 Å². The number of carbonyl (C=O) groups is 2. The number of piperazine rings is 1. The Morgan fingerprint density at radius 2 is 1.19 bits per heavy atom. The average Bonchev–Trinajstić information content (AvgIpc) is 2.99. The summed E-state index contributed by atoms with van der Waals surface area (Å²) >= 11 is 0. The second-order valence-electron chi connectivity index (χ2n) is 11.3. The summed E-state index contributed by atoms with van der Waals surface area (Å²) in [5, 5.41) is 2.70. The fraction of sp³-hybridized carbons (Fsp3) is 0.257. The zero-order valence-corrected chi connectivity index (χ0v) is 24.3. The van der Waals surface area contributed by atoms with E-state index in [9.17, 15) is 9.59 Å². The van der Waals surface area contributed by atoms with Crippen LogP contribution in [0.5, 0.6) is 11.5 Å². The van der Waals surface area contributed by atoms with Crippen molar-refractivity contribution in [1.82, 2.24) is 9.80 Å². The molecule has 0 unspecified atom stereocenters. The summed E-state index contributed by atoms with van der Waals surface area (Å²) in [6, 6.07) is 35.5. The van der Waals surface area contributed by atoms with Crippen LogP contribution in [0, 0.1) is 0 Å². The Hall–Kier alpha value is -4.62.